The summed E-state index contributed by atoms with van der Waals surface area (Å²) >= 11 is 0. The van der Waals surface area contributed by atoms with Crippen LogP contribution in [-0.4, -0.2) is 69.3 Å². The Bertz CT molecular complexity index is 902. The third-order valence-corrected chi connectivity index (χ3v) is 9.80. The maximum absolute atomic E-state index is 12.6. The second-order valence-corrected chi connectivity index (χ2v) is 15.4. The number of aliphatic hydroxyl groups excluding tert-OH is 1. The maximum atomic E-state index is 12.6. The van der Waals surface area contributed by atoms with Crippen LogP contribution in [-0.2, 0) is 28.6 Å². The number of aliphatic hydroxyl groups is 1. The van der Waals surface area contributed by atoms with E-state index in [1.165, 1.54) is 77.0 Å². The van der Waals surface area contributed by atoms with Gasteiger partial charge in [-0.25, -0.2) is 0 Å². The molecule has 51 heavy (non-hydrogen) atoms. The Balaban J connectivity index is 4.43. The van der Waals surface area contributed by atoms with Crippen molar-refractivity contribution in [1.82, 2.24) is 0 Å². The lowest BCUT2D eigenvalue weighted by molar-refractivity contribution is -0.164. The molecule has 0 aromatic carbocycles. The number of carbonyl (C=O) groups excluding carboxylic acids is 3. The Hall–Kier alpha value is -1.68. The molecule has 0 heterocycles. The van der Waals surface area contributed by atoms with Gasteiger partial charge < -0.3 is 19.3 Å². The summed E-state index contributed by atoms with van der Waals surface area (Å²) in [4.78, 5) is 65.7. The standard InChI is InChI=1S/C40H74O10P/c1-3-5-7-9-11-13-15-17-18-20-22-24-26-28-30-32-39(44)50-36(35-49-40(37(42)33-41)51(45,46)47)34-48-38(43)31-29-27-25-23-21-19-16-14-12-10-8-6-4-2/h11,13,17-18,36,40-41,45-47H,3-10,12,14-16,19-35H2,1-2H3/q+1/t36-,40?/m1/s1. The molecule has 2 atom stereocenters. The fraction of sp³-hybridized carbons (Fsp3) is 0.825. The summed E-state index contributed by atoms with van der Waals surface area (Å²) in [7, 11) is -4.80. The minimum atomic E-state index is -4.80. The van der Waals surface area contributed by atoms with Crippen LogP contribution in [0.15, 0.2) is 24.3 Å². The van der Waals surface area contributed by atoms with Crippen LogP contribution < -0.4 is 0 Å². The quantitative estimate of drug-likeness (QED) is 0.0209. The van der Waals surface area contributed by atoms with E-state index in [2.05, 4.69) is 38.2 Å². The van der Waals surface area contributed by atoms with Gasteiger partial charge in [-0.15, -0.1) is 0 Å². The van der Waals surface area contributed by atoms with Crippen molar-refractivity contribution in [2.45, 2.75) is 193 Å². The van der Waals surface area contributed by atoms with Crippen molar-refractivity contribution in [2.24, 2.45) is 0 Å². The summed E-state index contributed by atoms with van der Waals surface area (Å²) in [5.41, 5.74) is 0. The number of ketones is 1. The summed E-state index contributed by atoms with van der Waals surface area (Å²) in [5.74, 6) is -4.22. The SMILES string of the molecule is CCCCCC=CCC=CCCCCCCCC(=O)O[C@H](COC(=O)CCCCCCCCCCCCCCC)COC(C(=O)CO)[P+](O)(O)O. The highest BCUT2D eigenvalue weighted by Gasteiger charge is 2.49. The van der Waals surface area contributed by atoms with E-state index in [0.29, 0.717) is 12.8 Å². The Morgan fingerprint density at radius 2 is 1.00 bits per heavy atom. The Morgan fingerprint density at radius 1 is 0.569 bits per heavy atom. The number of unbranched alkanes of at least 4 members (excludes halogenated alkanes) is 20. The van der Waals surface area contributed by atoms with Crippen LogP contribution in [0.2, 0.25) is 0 Å². The van der Waals surface area contributed by atoms with Gasteiger partial charge in [-0.2, -0.15) is 14.7 Å². The van der Waals surface area contributed by atoms with Crippen molar-refractivity contribution in [1.29, 1.82) is 0 Å². The van der Waals surface area contributed by atoms with Crippen LogP contribution >= 0.6 is 7.94 Å². The number of ether oxygens (including phenoxy) is 3. The van der Waals surface area contributed by atoms with Crippen molar-refractivity contribution < 1.29 is 48.4 Å². The molecule has 11 heteroatoms. The van der Waals surface area contributed by atoms with Crippen LogP contribution in [0.5, 0.6) is 0 Å². The molecule has 0 saturated carbocycles. The molecule has 0 aliphatic carbocycles. The first-order valence-corrected chi connectivity index (χ1v) is 21.8. The van der Waals surface area contributed by atoms with E-state index in [0.717, 1.165) is 64.2 Å². The molecule has 0 aliphatic heterocycles. The maximum Gasteiger partial charge on any atom is 0.443 e. The van der Waals surface area contributed by atoms with Gasteiger partial charge >= 0.3 is 25.7 Å². The summed E-state index contributed by atoms with van der Waals surface area (Å²) in [6.07, 6.45) is 35.2. The monoisotopic (exact) mass is 746 g/mol. The van der Waals surface area contributed by atoms with Crippen LogP contribution in [0, 0.1) is 0 Å². The van der Waals surface area contributed by atoms with E-state index in [9.17, 15) is 29.1 Å². The fourth-order valence-corrected chi connectivity index (χ4v) is 6.40. The number of hydrogen-bond acceptors (Lipinski definition) is 10. The lowest BCUT2D eigenvalue weighted by atomic mass is 10.0. The van der Waals surface area contributed by atoms with Gasteiger partial charge in [0, 0.05) is 12.8 Å². The average Bonchev–Trinajstić information content (AvgIpc) is 3.10. The molecule has 0 radical (unpaired) electrons. The minimum absolute atomic E-state index is 0.143. The normalized spacial score (nSPS) is 13.2. The Kier molecular flexibility index (Phi) is 34.2. The third kappa shape index (κ3) is 32.7. The highest BCUT2D eigenvalue weighted by molar-refractivity contribution is 7.60. The minimum Gasteiger partial charge on any atom is -0.462 e. The molecule has 0 bridgehead atoms. The summed E-state index contributed by atoms with van der Waals surface area (Å²) in [6.45, 7) is 2.47. The van der Waals surface area contributed by atoms with E-state index in [1.807, 2.05) is 0 Å². The molecule has 4 N–H and O–H groups in total. The Morgan fingerprint density at radius 3 is 1.49 bits per heavy atom. The van der Waals surface area contributed by atoms with Gasteiger partial charge in [0.1, 0.15) is 13.2 Å². The molecule has 0 aromatic rings. The molecule has 0 spiro atoms. The van der Waals surface area contributed by atoms with Crippen molar-refractivity contribution >= 4 is 25.7 Å². The summed E-state index contributed by atoms with van der Waals surface area (Å²) in [6, 6.07) is 0. The van der Waals surface area contributed by atoms with E-state index >= 15 is 0 Å². The van der Waals surface area contributed by atoms with E-state index < -0.39 is 50.8 Å². The number of allylic oxidation sites excluding steroid dienone is 4. The van der Waals surface area contributed by atoms with E-state index in [4.69, 9.17) is 19.3 Å². The topological polar surface area (TPSA) is 160 Å². The van der Waals surface area contributed by atoms with Gasteiger partial charge in [0.25, 0.3) is 0 Å². The molecule has 0 fully saturated rings. The molecule has 0 aliphatic rings. The number of hydrogen-bond donors (Lipinski definition) is 4. The fourth-order valence-electron chi connectivity index (χ4n) is 5.65. The molecule has 10 nitrogen and oxygen atoms in total. The first kappa shape index (κ1) is 49.3. The predicted molar refractivity (Wildman–Crippen MR) is 206 cm³/mol. The van der Waals surface area contributed by atoms with Crippen molar-refractivity contribution in [3.8, 4) is 0 Å². The van der Waals surface area contributed by atoms with E-state index in [1.54, 1.807) is 0 Å². The lowest BCUT2D eigenvalue weighted by Gasteiger charge is -2.21. The van der Waals surface area contributed by atoms with Gasteiger partial charge in [0.15, 0.2) is 6.10 Å². The number of carbonyl (C=O) groups is 3. The molecular weight excluding hydrogens is 671 g/mol. The predicted octanol–water partition coefficient (Wildman–Crippen LogP) is 9.38. The summed E-state index contributed by atoms with van der Waals surface area (Å²) < 4.78 is 16.0. The molecule has 0 saturated heterocycles. The third-order valence-electron chi connectivity index (χ3n) is 8.73. The highest BCUT2D eigenvalue weighted by atomic mass is 31.2. The number of Topliss-reactive ketones (excluding diaryl/α,β-unsaturated/α-hetero) is 1. The first-order valence-electron chi connectivity index (χ1n) is 20.1. The van der Waals surface area contributed by atoms with Crippen LogP contribution in [0.1, 0.15) is 181 Å². The molecule has 1 unspecified atom stereocenters. The van der Waals surface area contributed by atoms with Gasteiger partial charge in [0.05, 0.1) is 6.61 Å². The van der Waals surface area contributed by atoms with Crippen LogP contribution in [0.4, 0.5) is 0 Å². The van der Waals surface area contributed by atoms with Crippen molar-refractivity contribution in [2.75, 3.05) is 19.8 Å². The zero-order valence-corrected chi connectivity index (χ0v) is 33.1. The van der Waals surface area contributed by atoms with Gasteiger partial charge in [-0.05, 0) is 44.9 Å². The zero-order chi connectivity index (χ0) is 37.8. The van der Waals surface area contributed by atoms with E-state index in [-0.39, 0.29) is 19.4 Å². The first-order chi connectivity index (χ1) is 24.6. The second-order valence-electron chi connectivity index (χ2n) is 13.7. The molecule has 298 valence electrons. The second kappa shape index (κ2) is 35.4. The number of esters is 2. The van der Waals surface area contributed by atoms with Gasteiger partial charge in [-0.1, -0.05) is 147 Å². The zero-order valence-electron chi connectivity index (χ0n) is 32.2. The number of rotatable bonds is 37. The average molecular weight is 746 g/mol. The molecule has 0 rings (SSSR count). The van der Waals surface area contributed by atoms with Crippen molar-refractivity contribution in [3.63, 3.8) is 0 Å². The van der Waals surface area contributed by atoms with Crippen LogP contribution in [0.3, 0.4) is 0 Å². The Labute approximate surface area is 310 Å². The molecular formula is C40H74O10P+. The lowest BCUT2D eigenvalue weighted by Crippen LogP contribution is -2.36. The highest BCUT2D eigenvalue weighted by Crippen LogP contribution is 2.51. The largest absolute Gasteiger partial charge is 0.462 e. The molecule has 0 amide bonds. The van der Waals surface area contributed by atoms with Crippen molar-refractivity contribution in [3.05, 3.63) is 24.3 Å². The summed E-state index contributed by atoms with van der Waals surface area (Å²) in [5, 5.41) is 9.13. The van der Waals surface area contributed by atoms with Gasteiger partial charge in [0.2, 0.25) is 5.78 Å². The van der Waals surface area contributed by atoms with Gasteiger partial charge in [-0.3, -0.25) is 14.4 Å². The molecule has 0 aromatic heterocycles. The smallest absolute Gasteiger partial charge is 0.443 e. The van der Waals surface area contributed by atoms with Crippen LogP contribution in [0.25, 0.3) is 0 Å².